The normalized spacial score (nSPS) is 11.5. The van der Waals surface area contributed by atoms with Crippen LogP contribution in [-0.4, -0.2) is 9.55 Å². The molecule has 0 aliphatic rings. The van der Waals surface area contributed by atoms with Gasteiger partial charge in [-0.05, 0) is 42.5 Å². The molecule has 0 fully saturated rings. The van der Waals surface area contributed by atoms with E-state index in [1.165, 1.54) is 11.1 Å². The number of aryl methyl sites for hydroxylation is 2. The molecule has 0 spiro atoms. The number of aromatic nitrogens is 2. The van der Waals surface area contributed by atoms with Gasteiger partial charge in [0, 0.05) is 18.7 Å². The molecule has 0 saturated heterocycles. The van der Waals surface area contributed by atoms with Gasteiger partial charge in [-0.3, -0.25) is 0 Å². The Bertz CT molecular complexity index is 798. The van der Waals surface area contributed by atoms with Crippen molar-refractivity contribution < 1.29 is 0 Å². The van der Waals surface area contributed by atoms with E-state index in [-0.39, 0.29) is 0 Å². The molecule has 2 N–H and O–H groups in total. The third-order valence-electron chi connectivity index (χ3n) is 4.28. The molecule has 0 bridgehead atoms. The summed E-state index contributed by atoms with van der Waals surface area (Å²) >= 11 is 0. The van der Waals surface area contributed by atoms with E-state index < -0.39 is 0 Å². The summed E-state index contributed by atoms with van der Waals surface area (Å²) in [4.78, 5) is 4.91. The number of nitrogens with zero attached hydrogens (tertiary/aromatic N) is 2. The second-order valence-corrected chi connectivity index (χ2v) is 6.66. The summed E-state index contributed by atoms with van der Waals surface area (Å²) in [6.07, 6.45) is 1.15. The number of imidazole rings is 1. The molecule has 0 unspecified atom stereocenters. The van der Waals surface area contributed by atoms with Crippen LogP contribution in [0.15, 0.2) is 42.5 Å². The van der Waals surface area contributed by atoms with Gasteiger partial charge in [-0.25, -0.2) is 4.98 Å². The smallest absolute Gasteiger partial charge is 0.141 e. The van der Waals surface area contributed by atoms with Crippen LogP contribution in [-0.2, 0) is 13.1 Å². The van der Waals surface area contributed by atoms with Gasteiger partial charge in [-0.1, -0.05) is 44.2 Å². The van der Waals surface area contributed by atoms with Crippen LogP contribution in [0.4, 0.5) is 0 Å². The second kappa shape index (κ2) is 6.55. The van der Waals surface area contributed by atoms with Gasteiger partial charge in [-0.2, -0.15) is 0 Å². The Morgan fingerprint density at radius 3 is 2.48 bits per heavy atom. The first-order valence-corrected chi connectivity index (χ1v) is 8.34. The number of hydrogen-bond acceptors (Lipinski definition) is 2. The van der Waals surface area contributed by atoms with Crippen molar-refractivity contribution >= 4 is 11.0 Å². The van der Waals surface area contributed by atoms with E-state index in [4.69, 9.17) is 10.7 Å². The quantitative estimate of drug-likeness (QED) is 0.753. The molecule has 2 aromatic carbocycles. The predicted octanol–water partition coefficient (Wildman–Crippen LogP) is 4.52. The van der Waals surface area contributed by atoms with Gasteiger partial charge in [-0.15, -0.1) is 0 Å². The third kappa shape index (κ3) is 3.30. The summed E-state index contributed by atoms with van der Waals surface area (Å²) in [5.74, 6) is 1.72. The van der Waals surface area contributed by atoms with Gasteiger partial charge in [0.15, 0.2) is 0 Å². The third-order valence-corrected chi connectivity index (χ3v) is 4.28. The maximum absolute atomic E-state index is 5.71. The van der Waals surface area contributed by atoms with Crippen molar-refractivity contribution in [2.24, 2.45) is 11.7 Å². The number of nitrogens with two attached hydrogens (primary N) is 1. The molecule has 3 rings (SSSR count). The molecule has 1 aromatic heterocycles. The van der Waals surface area contributed by atoms with Crippen LogP contribution in [0, 0.1) is 12.8 Å². The number of benzene rings is 2. The number of rotatable bonds is 5. The van der Waals surface area contributed by atoms with Gasteiger partial charge in [0.25, 0.3) is 0 Å². The average Bonchev–Trinajstić information content (AvgIpc) is 2.90. The van der Waals surface area contributed by atoms with E-state index in [1.807, 2.05) is 0 Å². The zero-order valence-corrected chi connectivity index (χ0v) is 14.2. The Morgan fingerprint density at radius 2 is 1.83 bits per heavy atom. The molecule has 3 aromatic rings. The Balaban J connectivity index is 2.10. The lowest BCUT2D eigenvalue weighted by Crippen LogP contribution is -2.04. The van der Waals surface area contributed by atoms with Crippen LogP contribution in [0.25, 0.3) is 22.4 Å². The largest absolute Gasteiger partial charge is 0.326 e. The van der Waals surface area contributed by atoms with Crippen LogP contribution >= 0.6 is 0 Å². The molecular weight excluding hydrogens is 282 g/mol. The first-order chi connectivity index (χ1) is 11.1. The predicted molar refractivity (Wildman–Crippen MR) is 97.3 cm³/mol. The summed E-state index contributed by atoms with van der Waals surface area (Å²) in [5.41, 5.74) is 11.5. The number of fused-ring (bicyclic) bond motifs is 1. The summed E-state index contributed by atoms with van der Waals surface area (Å²) in [6.45, 7) is 8.20. The fraction of sp³-hybridized carbons (Fsp3) is 0.350. The highest BCUT2D eigenvalue weighted by Crippen LogP contribution is 2.26. The first-order valence-electron chi connectivity index (χ1n) is 8.34. The van der Waals surface area contributed by atoms with Crippen LogP contribution < -0.4 is 5.73 Å². The van der Waals surface area contributed by atoms with E-state index in [9.17, 15) is 0 Å². The molecule has 0 aliphatic heterocycles. The topological polar surface area (TPSA) is 43.8 Å². The average molecular weight is 307 g/mol. The fourth-order valence-corrected chi connectivity index (χ4v) is 2.86. The lowest BCUT2D eigenvalue weighted by Gasteiger charge is -2.11. The zero-order chi connectivity index (χ0) is 16.4. The molecule has 120 valence electrons. The molecule has 0 radical (unpaired) electrons. The Labute approximate surface area is 138 Å². The van der Waals surface area contributed by atoms with Crippen molar-refractivity contribution in [3.63, 3.8) is 0 Å². The molecule has 0 amide bonds. The van der Waals surface area contributed by atoms with E-state index in [0.717, 1.165) is 35.4 Å². The molecule has 0 aliphatic carbocycles. The van der Waals surface area contributed by atoms with Crippen LogP contribution in [0.5, 0.6) is 0 Å². The van der Waals surface area contributed by atoms with E-state index >= 15 is 0 Å². The van der Waals surface area contributed by atoms with E-state index in [2.05, 4.69) is 67.8 Å². The Hall–Kier alpha value is -2.13. The van der Waals surface area contributed by atoms with Gasteiger partial charge in [0.05, 0.1) is 11.0 Å². The molecule has 0 saturated carbocycles. The van der Waals surface area contributed by atoms with Gasteiger partial charge >= 0.3 is 0 Å². The van der Waals surface area contributed by atoms with Crippen LogP contribution in [0.3, 0.4) is 0 Å². The van der Waals surface area contributed by atoms with Crippen LogP contribution in [0.2, 0.25) is 0 Å². The van der Waals surface area contributed by atoms with Crippen molar-refractivity contribution in [1.29, 1.82) is 0 Å². The lowest BCUT2D eigenvalue weighted by molar-refractivity contribution is 0.525. The highest BCUT2D eigenvalue weighted by atomic mass is 15.1. The maximum atomic E-state index is 5.71. The molecule has 3 nitrogen and oxygen atoms in total. The number of hydrogen-bond donors (Lipinski definition) is 1. The first kappa shape index (κ1) is 15.8. The maximum Gasteiger partial charge on any atom is 0.141 e. The van der Waals surface area contributed by atoms with Crippen LogP contribution in [0.1, 0.15) is 31.4 Å². The van der Waals surface area contributed by atoms with E-state index in [1.54, 1.807) is 0 Å². The Kier molecular flexibility index (Phi) is 4.49. The minimum Gasteiger partial charge on any atom is -0.326 e. The minimum absolute atomic E-state index is 0.573. The molecule has 0 atom stereocenters. The van der Waals surface area contributed by atoms with Crippen molar-refractivity contribution in [2.75, 3.05) is 0 Å². The van der Waals surface area contributed by atoms with Crippen molar-refractivity contribution in [1.82, 2.24) is 9.55 Å². The second-order valence-electron chi connectivity index (χ2n) is 6.66. The fourth-order valence-electron chi connectivity index (χ4n) is 2.86. The summed E-state index contributed by atoms with van der Waals surface area (Å²) in [6, 6.07) is 15.0. The monoisotopic (exact) mass is 307 g/mol. The van der Waals surface area contributed by atoms with Gasteiger partial charge in [0.1, 0.15) is 5.82 Å². The SMILES string of the molecule is Cc1ccc2c(c1)nc(-c1ccc(CN)cc1)n2CCC(C)C. The lowest BCUT2D eigenvalue weighted by atomic mass is 10.1. The van der Waals surface area contributed by atoms with Crippen molar-refractivity contribution in [3.8, 4) is 11.4 Å². The standard InChI is InChI=1S/C20H25N3/c1-14(2)10-11-23-19-9-4-15(3)12-18(19)22-20(23)17-7-5-16(13-21)6-8-17/h4-9,12,14H,10-11,13,21H2,1-3H3. The van der Waals surface area contributed by atoms with E-state index in [0.29, 0.717) is 12.5 Å². The zero-order valence-electron chi connectivity index (χ0n) is 14.2. The van der Waals surface area contributed by atoms with Crippen molar-refractivity contribution in [2.45, 2.75) is 40.3 Å². The Morgan fingerprint density at radius 1 is 1.09 bits per heavy atom. The highest BCUT2D eigenvalue weighted by molar-refractivity contribution is 5.81. The summed E-state index contributed by atoms with van der Waals surface area (Å²) in [5, 5.41) is 0. The van der Waals surface area contributed by atoms with Crippen molar-refractivity contribution in [3.05, 3.63) is 53.6 Å². The summed E-state index contributed by atoms with van der Waals surface area (Å²) in [7, 11) is 0. The molecular formula is C20H25N3. The molecule has 23 heavy (non-hydrogen) atoms. The highest BCUT2D eigenvalue weighted by Gasteiger charge is 2.13. The molecule has 3 heteroatoms. The summed E-state index contributed by atoms with van der Waals surface area (Å²) < 4.78 is 2.35. The van der Waals surface area contributed by atoms with Gasteiger partial charge < -0.3 is 10.3 Å². The molecule has 1 heterocycles. The minimum atomic E-state index is 0.573. The van der Waals surface area contributed by atoms with Gasteiger partial charge in [0.2, 0.25) is 0 Å².